The predicted octanol–water partition coefficient (Wildman–Crippen LogP) is 2.52. The molecule has 6 nitrogen and oxygen atoms in total. The minimum atomic E-state index is -0.324. The molecule has 0 radical (unpaired) electrons. The monoisotopic (exact) mass is 344 g/mol. The van der Waals surface area contributed by atoms with E-state index in [1.165, 1.54) is 11.3 Å². The van der Waals surface area contributed by atoms with E-state index < -0.39 is 0 Å². The summed E-state index contributed by atoms with van der Waals surface area (Å²) in [5.41, 5.74) is 2.35. The SMILES string of the molecule is CCOCCn1c(=NC(=O)c2cc(C)n(C)n2)sc2ccccc21. The minimum absolute atomic E-state index is 0.324. The molecular weight excluding hydrogens is 324 g/mol. The van der Waals surface area contributed by atoms with Crippen molar-refractivity contribution in [3.05, 3.63) is 46.5 Å². The Morgan fingerprint density at radius 1 is 1.38 bits per heavy atom. The zero-order chi connectivity index (χ0) is 17.1. The third kappa shape index (κ3) is 3.32. The first-order valence-corrected chi connectivity index (χ1v) is 8.67. The van der Waals surface area contributed by atoms with Crippen LogP contribution in [0, 0.1) is 6.92 Å². The van der Waals surface area contributed by atoms with Crippen LogP contribution in [0.25, 0.3) is 10.2 Å². The number of para-hydroxylation sites is 1. The van der Waals surface area contributed by atoms with E-state index in [-0.39, 0.29) is 5.91 Å². The van der Waals surface area contributed by atoms with Crippen LogP contribution in [0.5, 0.6) is 0 Å². The Bertz CT molecular complexity index is 916. The van der Waals surface area contributed by atoms with Gasteiger partial charge in [0, 0.05) is 25.9 Å². The summed E-state index contributed by atoms with van der Waals surface area (Å²) in [5, 5.41) is 4.21. The molecule has 0 unspecified atom stereocenters. The van der Waals surface area contributed by atoms with E-state index in [9.17, 15) is 4.79 Å². The Labute approximate surface area is 144 Å². The number of aryl methyl sites for hydroxylation is 2. The summed E-state index contributed by atoms with van der Waals surface area (Å²) in [6, 6.07) is 9.79. The lowest BCUT2D eigenvalue weighted by atomic mass is 10.3. The van der Waals surface area contributed by atoms with Gasteiger partial charge in [0.25, 0.3) is 5.91 Å². The highest BCUT2D eigenvalue weighted by Gasteiger charge is 2.12. The van der Waals surface area contributed by atoms with E-state index in [0.717, 1.165) is 15.9 Å². The summed E-state index contributed by atoms with van der Waals surface area (Å²) in [7, 11) is 1.81. The van der Waals surface area contributed by atoms with Crippen molar-refractivity contribution in [3.8, 4) is 0 Å². The summed E-state index contributed by atoms with van der Waals surface area (Å²) in [6.45, 7) is 5.79. The van der Waals surface area contributed by atoms with E-state index in [2.05, 4.69) is 10.1 Å². The van der Waals surface area contributed by atoms with Gasteiger partial charge in [0.1, 0.15) is 0 Å². The Morgan fingerprint density at radius 2 is 2.17 bits per heavy atom. The van der Waals surface area contributed by atoms with Crippen LogP contribution < -0.4 is 4.80 Å². The number of nitrogens with zero attached hydrogens (tertiary/aromatic N) is 4. The zero-order valence-corrected chi connectivity index (χ0v) is 14.8. The number of hydrogen-bond donors (Lipinski definition) is 0. The van der Waals surface area contributed by atoms with Crippen molar-refractivity contribution in [2.24, 2.45) is 12.0 Å². The fraction of sp³-hybridized carbons (Fsp3) is 0.353. The van der Waals surface area contributed by atoms with E-state index in [0.29, 0.717) is 30.3 Å². The third-order valence-corrected chi connectivity index (χ3v) is 4.84. The van der Waals surface area contributed by atoms with Crippen LogP contribution >= 0.6 is 11.3 Å². The predicted molar refractivity (Wildman–Crippen MR) is 94.1 cm³/mol. The first kappa shape index (κ1) is 16.6. The summed E-state index contributed by atoms with van der Waals surface area (Å²) >= 11 is 1.50. The lowest BCUT2D eigenvalue weighted by Crippen LogP contribution is -2.19. The highest BCUT2D eigenvalue weighted by molar-refractivity contribution is 7.16. The molecule has 0 aliphatic heterocycles. The van der Waals surface area contributed by atoms with Gasteiger partial charge in [-0.15, -0.1) is 0 Å². The van der Waals surface area contributed by atoms with Crippen LogP contribution in [0.1, 0.15) is 23.1 Å². The molecule has 2 heterocycles. The highest BCUT2D eigenvalue weighted by Crippen LogP contribution is 2.16. The standard InChI is InChI=1S/C17H20N4O2S/c1-4-23-10-9-21-14-7-5-6-8-15(14)24-17(21)18-16(22)13-11-12(2)20(3)19-13/h5-8,11H,4,9-10H2,1-3H3. The number of carbonyl (C=O) groups is 1. The van der Waals surface area contributed by atoms with Crippen molar-refractivity contribution in [3.63, 3.8) is 0 Å². The van der Waals surface area contributed by atoms with Gasteiger partial charge in [0.15, 0.2) is 10.5 Å². The van der Waals surface area contributed by atoms with Gasteiger partial charge in [0.05, 0.1) is 16.8 Å². The fourth-order valence-corrected chi connectivity index (χ4v) is 3.49. The average molecular weight is 344 g/mol. The second-order valence-corrected chi connectivity index (χ2v) is 6.42. The first-order valence-electron chi connectivity index (χ1n) is 7.86. The number of thiazole rings is 1. The van der Waals surface area contributed by atoms with E-state index in [1.54, 1.807) is 10.7 Å². The number of hydrogen-bond acceptors (Lipinski definition) is 4. The molecular formula is C17H20N4O2S. The van der Waals surface area contributed by atoms with Crippen molar-refractivity contribution in [1.82, 2.24) is 14.3 Å². The van der Waals surface area contributed by atoms with Crippen LogP contribution in [0.15, 0.2) is 35.3 Å². The zero-order valence-electron chi connectivity index (χ0n) is 14.0. The van der Waals surface area contributed by atoms with E-state index >= 15 is 0 Å². The molecule has 3 rings (SSSR count). The summed E-state index contributed by atoms with van der Waals surface area (Å²) < 4.78 is 10.3. The second kappa shape index (κ2) is 7.11. The molecule has 0 fully saturated rings. The van der Waals surface area contributed by atoms with Gasteiger partial charge in [-0.1, -0.05) is 23.5 Å². The van der Waals surface area contributed by atoms with Gasteiger partial charge in [-0.3, -0.25) is 9.48 Å². The molecule has 0 spiro atoms. The van der Waals surface area contributed by atoms with Gasteiger partial charge in [-0.05, 0) is 32.0 Å². The number of aromatic nitrogens is 3. The summed E-state index contributed by atoms with van der Waals surface area (Å²) in [6.07, 6.45) is 0. The Hall–Kier alpha value is -2.25. The van der Waals surface area contributed by atoms with Crippen molar-refractivity contribution >= 4 is 27.5 Å². The first-order chi connectivity index (χ1) is 11.6. The normalized spacial score (nSPS) is 12.2. The van der Waals surface area contributed by atoms with Crippen molar-refractivity contribution in [1.29, 1.82) is 0 Å². The second-order valence-electron chi connectivity index (χ2n) is 5.41. The fourth-order valence-electron chi connectivity index (χ4n) is 2.43. The number of ether oxygens (including phenoxy) is 1. The molecule has 0 saturated heterocycles. The maximum absolute atomic E-state index is 12.5. The van der Waals surface area contributed by atoms with Gasteiger partial charge in [-0.25, -0.2) is 0 Å². The van der Waals surface area contributed by atoms with Gasteiger partial charge < -0.3 is 9.30 Å². The Kier molecular flexibility index (Phi) is 4.92. The molecule has 24 heavy (non-hydrogen) atoms. The van der Waals surface area contributed by atoms with Gasteiger partial charge >= 0.3 is 0 Å². The van der Waals surface area contributed by atoms with E-state index in [1.807, 2.05) is 49.7 Å². The molecule has 7 heteroatoms. The minimum Gasteiger partial charge on any atom is -0.380 e. The molecule has 3 aromatic rings. The van der Waals surface area contributed by atoms with Crippen molar-refractivity contribution < 1.29 is 9.53 Å². The van der Waals surface area contributed by atoms with Crippen LogP contribution in [0.2, 0.25) is 0 Å². The van der Waals surface area contributed by atoms with Crippen molar-refractivity contribution in [2.75, 3.05) is 13.2 Å². The van der Waals surface area contributed by atoms with Gasteiger partial charge in [-0.2, -0.15) is 10.1 Å². The molecule has 0 aliphatic carbocycles. The van der Waals surface area contributed by atoms with Crippen molar-refractivity contribution in [2.45, 2.75) is 20.4 Å². The lowest BCUT2D eigenvalue weighted by molar-refractivity contribution is 0.0991. The van der Waals surface area contributed by atoms with Gasteiger partial charge in [0.2, 0.25) is 0 Å². The van der Waals surface area contributed by atoms with Crippen LogP contribution in [0.4, 0.5) is 0 Å². The maximum atomic E-state index is 12.5. The molecule has 0 atom stereocenters. The number of rotatable bonds is 5. The molecule has 1 amide bonds. The molecule has 0 N–H and O–H groups in total. The van der Waals surface area contributed by atoms with Crippen LogP contribution in [-0.2, 0) is 18.3 Å². The summed E-state index contributed by atoms with van der Waals surface area (Å²) in [5.74, 6) is -0.324. The molecule has 0 saturated carbocycles. The average Bonchev–Trinajstić information content (AvgIpc) is 3.08. The number of fused-ring (bicyclic) bond motifs is 1. The smallest absolute Gasteiger partial charge is 0.300 e. The quantitative estimate of drug-likeness (QED) is 0.668. The number of benzene rings is 1. The molecule has 2 aromatic heterocycles. The van der Waals surface area contributed by atoms with E-state index in [4.69, 9.17) is 4.74 Å². The Morgan fingerprint density at radius 3 is 2.88 bits per heavy atom. The molecule has 1 aromatic carbocycles. The summed E-state index contributed by atoms with van der Waals surface area (Å²) in [4.78, 5) is 17.4. The largest absolute Gasteiger partial charge is 0.380 e. The van der Waals surface area contributed by atoms with Crippen LogP contribution in [-0.4, -0.2) is 33.5 Å². The maximum Gasteiger partial charge on any atom is 0.300 e. The molecule has 0 bridgehead atoms. The number of carbonyl (C=O) groups excluding carboxylic acids is 1. The molecule has 0 aliphatic rings. The van der Waals surface area contributed by atoms with Crippen LogP contribution in [0.3, 0.4) is 0 Å². The Balaban J connectivity index is 2.03. The topological polar surface area (TPSA) is 61.4 Å². The third-order valence-electron chi connectivity index (χ3n) is 3.78. The molecule has 126 valence electrons. The highest BCUT2D eigenvalue weighted by atomic mass is 32.1. The number of amides is 1. The lowest BCUT2D eigenvalue weighted by Gasteiger charge is -2.05.